The van der Waals surface area contributed by atoms with Gasteiger partial charge >= 0.3 is 32.4 Å². The van der Waals surface area contributed by atoms with E-state index in [0.717, 1.165) is 49.9 Å². The van der Waals surface area contributed by atoms with Crippen LogP contribution in [0.3, 0.4) is 0 Å². The van der Waals surface area contributed by atoms with Gasteiger partial charge in [0.05, 0.1) is 33.9 Å². The predicted molar refractivity (Wildman–Crippen MR) is 282 cm³/mol. The summed E-state index contributed by atoms with van der Waals surface area (Å²) in [4.78, 5) is 32.3. The normalized spacial score (nSPS) is 11.3. The standard InChI is InChI=1S/C39H62N2.2C10H12O4.Pd/c1-7-13-15-16-17-19-25-39(41-37-29-27-33(21-10-4)35(31-37)23-12-6)38(24-18-14-8-2)40-36-28-26-32(20-9-3)34(30-36)22-11-5;2*1-3-6-4-7(11)9(12)8(5(6)2)10(13)14;/h26-31H,7-25H2,1-6H3;2*4,11-12H,3H2,1-2H3,(H,13,14);/q;;;+2/p-2. The summed E-state index contributed by atoms with van der Waals surface area (Å²) in [6.07, 6.45) is 23.9. The average molecular weight is 1060 g/mol. The van der Waals surface area contributed by atoms with E-state index in [-0.39, 0.29) is 31.5 Å². The number of unbranched alkanes of at least 4 members (excludes halogenated alkanes) is 7. The molecule has 10 nitrogen and oxygen atoms in total. The Bertz CT molecular complexity index is 2220. The Kier molecular flexibility index (Phi) is 30.9. The van der Waals surface area contributed by atoms with Crippen LogP contribution in [0.15, 0.2) is 58.5 Å². The van der Waals surface area contributed by atoms with Crippen LogP contribution in [0.1, 0.15) is 217 Å². The fraction of sp³-hybridized carbons (Fsp3) is 0.525. The van der Waals surface area contributed by atoms with Gasteiger partial charge in [0.15, 0.2) is 0 Å². The average Bonchev–Trinajstić information content (AvgIpc) is 3.31. The molecular weight excluding hydrogens is 971 g/mol. The molecule has 4 aromatic rings. The van der Waals surface area contributed by atoms with Gasteiger partial charge in [-0.05, 0) is 159 Å². The number of benzene rings is 4. The summed E-state index contributed by atoms with van der Waals surface area (Å²) in [7, 11) is 0. The number of aromatic carboxylic acids is 2. The van der Waals surface area contributed by atoms with E-state index in [1.54, 1.807) is 13.8 Å². The number of carboxylic acids is 2. The molecule has 4 N–H and O–H groups in total. The van der Waals surface area contributed by atoms with Crippen LogP contribution in [0.4, 0.5) is 11.4 Å². The summed E-state index contributed by atoms with van der Waals surface area (Å²) in [6, 6.07) is 16.6. The van der Waals surface area contributed by atoms with Crippen molar-refractivity contribution in [3.63, 3.8) is 0 Å². The smallest absolute Gasteiger partial charge is 0.869 e. The van der Waals surface area contributed by atoms with Gasteiger partial charge in [0, 0.05) is 0 Å². The molecule has 0 saturated carbocycles. The van der Waals surface area contributed by atoms with Gasteiger partial charge in [0.25, 0.3) is 0 Å². The maximum Gasteiger partial charge on any atom is 2.00 e. The Morgan fingerprint density at radius 1 is 0.457 bits per heavy atom. The van der Waals surface area contributed by atoms with E-state index >= 15 is 0 Å². The van der Waals surface area contributed by atoms with Crippen molar-refractivity contribution in [2.75, 3.05) is 0 Å². The van der Waals surface area contributed by atoms with Crippen LogP contribution in [-0.4, -0.2) is 43.8 Å². The summed E-state index contributed by atoms with van der Waals surface area (Å²) in [5.41, 5.74) is 12.2. The second-order valence-electron chi connectivity index (χ2n) is 18.1. The maximum absolute atomic E-state index is 11.3. The van der Waals surface area contributed by atoms with E-state index in [1.807, 2.05) is 13.8 Å². The van der Waals surface area contributed by atoms with Crippen molar-refractivity contribution in [3.8, 4) is 23.0 Å². The van der Waals surface area contributed by atoms with Gasteiger partial charge in [-0.2, -0.15) is 0 Å². The first kappa shape index (κ1) is 63.0. The van der Waals surface area contributed by atoms with E-state index in [0.29, 0.717) is 35.1 Å². The van der Waals surface area contributed by atoms with Gasteiger partial charge in [-0.15, -0.1) is 0 Å². The minimum Gasteiger partial charge on any atom is -0.869 e. The number of carboxylic acid groups (broad SMARTS) is 2. The van der Waals surface area contributed by atoms with Gasteiger partial charge in [0.2, 0.25) is 0 Å². The fourth-order valence-electron chi connectivity index (χ4n) is 8.70. The maximum atomic E-state index is 11.3. The van der Waals surface area contributed by atoms with E-state index in [4.69, 9.17) is 20.2 Å². The molecule has 0 bridgehead atoms. The summed E-state index contributed by atoms with van der Waals surface area (Å²) in [5.74, 6) is -5.20. The summed E-state index contributed by atoms with van der Waals surface area (Å²) >= 11 is 0. The molecular formula is C59H84N2O8Pd. The number of aryl methyl sites for hydroxylation is 6. The molecule has 70 heavy (non-hydrogen) atoms. The predicted octanol–water partition coefficient (Wildman–Crippen LogP) is 14.7. The van der Waals surface area contributed by atoms with Gasteiger partial charge in [-0.3, -0.25) is 9.98 Å². The van der Waals surface area contributed by atoms with Crippen LogP contribution < -0.4 is 10.2 Å². The van der Waals surface area contributed by atoms with E-state index in [9.17, 15) is 30.0 Å². The molecule has 11 heteroatoms. The number of aliphatic imine (C=N–C) groups is 2. The van der Waals surface area contributed by atoms with Crippen LogP contribution in [0.25, 0.3) is 0 Å². The zero-order chi connectivity index (χ0) is 51.5. The number of hydrogen-bond acceptors (Lipinski definition) is 8. The Morgan fingerprint density at radius 2 is 0.786 bits per heavy atom. The van der Waals surface area contributed by atoms with Crippen molar-refractivity contribution in [2.45, 2.75) is 204 Å². The van der Waals surface area contributed by atoms with Crippen molar-refractivity contribution in [3.05, 3.63) is 104 Å². The van der Waals surface area contributed by atoms with E-state index < -0.39 is 34.9 Å². The van der Waals surface area contributed by atoms with E-state index in [2.05, 4.69) is 77.9 Å². The molecule has 0 heterocycles. The zero-order valence-corrected chi connectivity index (χ0v) is 45.7. The Hall–Kier alpha value is -4.98. The number of nitrogens with zero attached hydrogens (tertiary/aromatic N) is 2. The minimum atomic E-state index is -1.29. The van der Waals surface area contributed by atoms with Gasteiger partial charge in [-0.1, -0.05) is 150 Å². The molecule has 0 saturated heterocycles. The van der Waals surface area contributed by atoms with Crippen molar-refractivity contribution in [2.24, 2.45) is 9.98 Å². The van der Waals surface area contributed by atoms with Crippen molar-refractivity contribution in [1.29, 1.82) is 0 Å². The van der Waals surface area contributed by atoms with Crippen molar-refractivity contribution >= 4 is 34.7 Å². The summed E-state index contributed by atoms with van der Waals surface area (Å²) < 4.78 is 0. The van der Waals surface area contributed by atoms with Crippen LogP contribution in [-0.2, 0) is 58.9 Å². The molecule has 0 fully saturated rings. The van der Waals surface area contributed by atoms with Gasteiger partial charge < -0.3 is 30.6 Å². The fourth-order valence-corrected chi connectivity index (χ4v) is 8.70. The van der Waals surface area contributed by atoms with Crippen LogP contribution in [0, 0.1) is 13.8 Å². The second kappa shape index (κ2) is 34.4. The number of phenols is 2. The first-order valence-electron chi connectivity index (χ1n) is 26.0. The summed E-state index contributed by atoms with van der Waals surface area (Å²) in [6.45, 7) is 20.5. The molecule has 0 atom stereocenters. The van der Waals surface area contributed by atoms with Crippen LogP contribution >= 0.6 is 0 Å². The van der Waals surface area contributed by atoms with Crippen molar-refractivity contribution in [1.82, 2.24) is 0 Å². The molecule has 0 amide bonds. The molecule has 0 aromatic heterocycles. The number of carbonyl (C=O) groups is 2. The molecule has 0 unspecified atom stereocenters. The SMILES string of the molecule is CCCCCCCCC(=Nc1ccc(CCC)c(CCC)c1)C(CCCCC)=Nc1ccc(CCC)c(CCC)c1.CCc1cc(O)c([O-])c(C(=O)O)c1C.CCc1cc(O)c([O-])c(C(=O)O)c1C.[Pd+2]. The Balaban J connectivity index is 0.000000682. The summed E-state index contributed by atoms with van der Waals surface area (Å²) in [5, 5.41) is 58.5. The molecule has 0 spiro atoms. The molecule has 0 aliphatic rings. The Morgan fingerprint density at radius 3 is 1.13 bits per heavy atom. The largest absolute Gasteiger partial charge is 2.00 e. The molecule has 4 aromatic carbocycles. The number of aromatic hydroxyl groups is 2. The quantitative estimate of drug-likeness (QED) is 0.0272. The molecule has 0 aliphatic carbocycles. The topological polar surface area (TPSA) is 186 Å². The van der Waals surface area contributed by atoms with Crippen molar-refractivity contribution < 1.29 is 60.7 Å². The number of hydrogen-bond donors (Lipinski definition) is 4. The molecule has 0 radical (unpaired) electrons. The second-order valence-corrected chi connectivity index (χ2v) is 18.1. The van der Waals surface area contributed by atoms with Crippen LogP contribution in [0.2, 0.25) is 0 Å². The third kappa shape index (κ3) is 20.0. The third-order valence-electron chi connectivity index (χ3n) is 12.5. The van der Waals surface area contributed by atoms with Crippen LogP contribution in [0.5, 0.6) is 23.0 Å². The first-order chi connectivity index (χ1) is 33.1. The number of phenolic OH excluding ortho intramolecular Hbond substituents is 2. The zero-order valence-electron chi connectivity index (χ0n) is 44.1. The minimum absolute atomic E-state index is 0. The Labute approximate surface area is 434 Å². The third-order valence-corrected chi connectivity index (χ3v) is 12.5. The number of rotatable bonds is 26. The first-order valence-corrected chi connectivity index (χ1v) is 26.0. The monoisotopic (exact) mass is 1050 g/mol. The van der Waals surface area contributed by atoms with E-state index in [1.165, 1.54) is 129 Å². The van der Waals surface area contributed by atoms with Gasteiger partial charge in [-0.25, -0.2) is 9.59 Å². The van der Waals surface area contributed by atoms with Gasteiger partial charge in [0.1, 0.15) is 11.5 Å². The molecule has 388 valence electrons. The molecule has 4 rings (SSSR count). The molecule has 0 aliphatic heterocycles.